The molecule has 1 spiro atoms. The fourth-order valence-electron chi connectivity index (χ4n) is 2.62. The highest BCUT2D eigenvalue weighted by atomic mass is 16.7. The van der Waals surface area contributed by atoms with E-state index in [1.54, 1.807) is 0 Å². The van der Waals surface area contributed by atoms with E-state index in [4.69, 9.17) is 9.47 Å². The van der Waals surface area contributed by atoms with Crippen molar-refractivity contribution in [2.24, 2.45) is 0 Å². The van der Waals surface area contributed by atoms with Crippen LogP contribution < -0.4 is 0 Å². The zero-order valence-electron chi connectivity index (χ0n) is 9.42. The van der Waals surface area contributed by atoms with Gasteiger partial charge in [0.05, 0.1) is 18.8 Å². The van der Waals surface area contributed by atoms with E-state index >= 15 is 0 Å². The normalized spacial score (nSPS) is 28.1. The summed E-state index contributed by atoms with van der Waals surface area (Å²) in [5.41, 5.74) is 0.466. The SMILES string of the molecule is C=C(C)CC1(O)CCC2(CC1)OCCO2. The van der Waals surface area contributed by atoms with Gasteiger partial charge in [0.25, 0.3) is 0 Å². The third kappa shape index (κ3) is 2.41. The highest BCUT2D eigenvalue weighted by Gasteiger charge is 2.45. The van der Waals surface area contributed by atoms with Crippen molar-refractivity contribution in [3.05, 3.63) is 12.2 Å². The maximum Gasteiger partial charge on any atom is 0.168 e. The van der Waals surface area contributed by atoms with Crippen LogP contribution in [0.3, 0.4) is 0 Å². The second kappa shape index (κ2) is 3.89. The summed E-state index contributed by atoms with van der Waals surface area (Å²) in [6.07, 6.45) is 3.80. The number of hydrogen-bond donors (Lipinski definition) is 1. The van der Waals surface area contributed by atoms with Gasteiger partial charge in [-0.3, -0.25) is 0 Å². The molecule has 2 aliphatic rings. The fourth-order valence-corrected chi connectivity index (χ4v) is 2.62. The topological polar surface area (TPSA) is 38.7 Å². The van der Waals surface area contributed by atoms with E-state index in [2.05, 4.69) is 6.58 Å². The standard InChI is InChI=1S/C12H20O3/c1-10(2)9-11(13)3-5-12(6-4-11)14-7-8-15-12/h13H,1,3-9H2,2H3. The molecule has 0 radical (unpaired) electrons. The molecule has 0 atom stereocenters. The maximum atomic E-state index is 10.3. The van der Waals surface area contributed by atoms with E-state index in [9.17, 15) is 5.11 Å². The lowest BCUT2D eigenvalue weighted by Gasteiger charge is -2.40. The van der Waals surface area contributed by atoms with Crippen molar-refractivity contribution in [3.63, 3.8) is 0 Å². The van der Waals surface area contributed by atoms with Gasteiger partial charge in [-0.2, -0.15) is 0 Å². The minimum Gasteiger partial charge on any atom is -0.390 e. The Labute approximate surface area is 91.1 Å². The van der Waals surface area contributed by atoms with Crippen molar-refractivity contribution in [1.82, 2.24) is 0 Å². The molecule has 1 aliphatic heterocycles. The fraction of sp³-hybridized carbons (Fsp3) is 0.833. The van der Waals surface area contributed by atoms with Crippen molar-refractivity contribution >= 4 is 0 Å². The average Bonchev–Trinajstić information content (AvgIpc) is 2.59. The minimum atomic E-state index is -0.577. The number of rotatable bonds is 2. The Hall–Kier alpha value is -0.380. The smallest absolute Gasteiger partial charge is 0.168 e. The van der Waals surface area contributed by atoms with Crippen molar-refractivity contribution in [2.75, 3.05) is 13.2 Å². The van der Waals surface area contributed by atoms with Crippen LogP contribution in [0.15, 0.2) is 12.2 Å². The zero-order chi connectivity index (χ0) is 10.9. The molecule has 1 N–H and O–H groups in total. The Bertz CT molecular complexity index is 244. The molecule has 0 amide bonds. The number of ether oxygens (including phenoxy) is 2. The largest absolute Gasteiger partial charge is 0.390 e. The Morgan fingerprint density at radius 1 is 1.20 bits per heavy atom. The minimum absolute atomic E-state index is 0.374. The van der Waals surface area contributed by atoms with E-state index in [1.165, 1.54) is 0 Å². The van der Waals surface area contributed by atoms with E-state index in [1.807, 2.05) is 6.92 Å². The lowest BCUT2D eigenvalue weighted by molar-refractivity contribution is -0.202. The second-order valence-corrected chi connectivity index (χ2v) is 4.97. The van der Waals surface area contributed by atoms with Crippen LogP contribution in [0.2, 0.25) is 0 Å². The Morgan fingerprint density at radius 2 is 1.73 bits per heavy atom. The van der Waals surface area contributed by atoms with Crippen molar-refractivity contribution in [2.45, 2.75) is 50.4 Å². The van der Waals surface area contributed by atoms with Gasteiger partial charge in [0.1, 0.15) is 0 Å². The summed E-state index contributed by atoms with van der Waals surface area (Å²) in [7, 11) is 0. The monoisotopic (exact) mass is 212 g/mol. The second-order valence-electron chi connectivity index (χ2n) is 4.97. The first-order valence-electron chi connectivity index (χ1n) is 5.68. The molecule has 0 aromatic heterocycles. The predicted molar refractivity (Wildman–Crippen MR) is 57.5 cm³/mol. The van der Waals surface area contributed by atoms with E-state index in [-0.39, 0.29) is 5.79 Å². The summed E-state index contributed by atoms with van der Waals surface area (Å²) >= 11 is 0. The molecule has 0 bridgehead atoms. The third-order valence-corrected chi connectivity index (χ3v) is 3.39. The first-order valence-corrected chi connectivity index (χ1v) is 5.68. The van der Waals surface area contributed by atoms with Gasteiger partial charge < -0.3 is 14.6 Å². The molecule has 0 aromatic rings. The van der Waals surface area contributed by atoms with Gasteiger partial charge in [-0.15, -0.1) is 6.58 Å². The van der Waals surface area contributed by atoms with Crippen molar-refractivity contribution in [3.8, 4) is 0 Å². The molecule has 3 nitrogen and oxygen atoms in total. The Morgan fingerprint density at radius 3 is 2.20 bits per heavy atom. The van der Waals surface area contributed by atoms with Crippen LogP contribution in [0, 0.1) is 0 Å². The van der Waals surface area contributed by atoms with Crippen LogP contribution in [0.1, 0.15) is 39.0 Å². The van der Waals surface area contributed by atoms with E-state index in [0.717, 1.165) is 31.3 Å². The first-order chi connectivity index (χ1) is 7.04. The van der Waals surface area contributed by atoms with Crippen molar-refractivity contribution < 1.29 is 14.6 Å². The van der Waals surface area contributed by atoms with Crippen LogP contribution in [0.25, 0.3) is 0 Å². The highest BCUT2D eigenvalue weighted by Crippen LogP contribution is 2.42. The molecule has 86 valence electrons. The average molecular weight is 212 g/mol. The Kier molecular flexibility index (Phi) is 2.88. The number of hydrogen-bond acceptors (Lipinski definition) is 3. The quantitative estimate of drug-likeness (QED) is 0.711. The molecule has 1 aliphatic carbocycles. The summed E-state index contributed by atoms with van der Waals surface area (Å²) in [6.45, 7) is 7.21. The molecule has 15 heavy (non-hydrogen) atoms. The molecule has 0 aromatic carbocycles. The number of aliphatic hydroxyl groups is 1. The first kappa shape index (κ1) is 11.1. The molecular weight excluding hydrogens is 192 g/mol. The van der Waals surface area contributed by atoms with Crippen molar-refractivity contribution in [1.29, 1.82) is 0 Å². The van der Waals surface area contributed by atoms with Crippen LogP contribution in [-0.2, 0) is 9.47 Å². The van der Waals surface area contributed by atoms with Crippen LogP contribution >= 0.6 is 0 Å². The van der Waals surface area contributed by atoms with Gasteiger partial charge in [0, 0.05) is 12.8 Å². The molecule has 2 rings (SSSR count). The maximum absolute atomic E-state index is 10.3. The van der Waals surface area contributed by atoms with E-state index in [0.29, 0.717) is 19.6 Å². The van der Waals surface area contributed by atoms with Crippen LogP contribution in [0.4, 0.5) is 0 Å². The Balaban J connectivity index is 1.93. The van der Waals surface area contributed by atoms with Crippen LogP contribution in [-0.4, -0.2) is 29.7 Å². The molecule has 1 saturated heterocycles. The van der Waals surface area contributed by atoms with Gasteiger partial charge in [-0.25, -0.2) is 0 Å². The summed E-state index contributed by atoms with van der Waals surface area (Å²) in [4.78, 5) is 0. The highest BCUT2D eigenvalue weighted by molar-refractivity contribution is 5.01. The molecule has 2 fully saturated rings. The lowest BCUT2D eigenvalue weighted by atomic mass is 9.78. The summed E-state index contributed by atoms with van der Waals surface area (Å²) in [5.74, 6) is -0.374. The molecule has 0 unspecified atom stereocenters. The van der Waals surface area contributed by atoms with Gasteiger partial charge in [0.2, 0.25) is 0 Å². The lowest BCUT2D eigenvalue weighted by Crippen LogP contribution is -2.43. The van der Waals surface area contributed by atoms with Gasteiger partial charge in [-0.05, 0) is 26.2 Å². The third-order valence-electron chi connectivity index (χ3n) is 3.39. The zero-order valence-corrected chi connectivity index (χ0v) is 9.42. The molecule has 1 saturated carbocycles. The summed E-state index contributed by atoms with van der Waals surface area (Å²) < 4.78 is 11.2. The summed E-state index contributed by atoms with van der Waals surface area (Å²) in [5, 5.41) is 10.3. The predicted octanol–water partition coefficient (Wildman–Crippen LogP) is 2.00. The van der Waals surface area contributed by atoms with E-state index < -0.39 is 5.60 Å². The van der Waals surface area contributed by atoms with Gasteiger partial charge in [0.15, 0.2) is 5.79 Å². The molecular formula is C12H20O3. The van der Waals surface area contributed by atoms with Crippen LogP contribution in [0.5, 0.6) is 0 Å². The van der Waals surface area contributed by atoms with Gasteiger partial charge >= 0.3 is 0 Å². The molecule has 1 heterocycles. The summed E-state index contributed by atoms with van der Waals surface area (Å²) in [6, 6.07) is 0. The van der Waals surface area contributed by atoms with Gasteiger partial charge in [-0.1, -0.05) is 5.57 Å². The molecule has 3 heteroatoms.